The second-order valence-electron chi connectivity index (χ2n) is 15.5. The van der Waals surface area contributed by atoms with E-state index in [1.807, 2.05) is 55.4 Å². The van der Waals surface area contributed by atoms with E-state index in [9.17, 15) is 19.2 Å². The molecule has 2 aliphatic rings. The molecule has 0 bridgehead atoms. The van der Waals surface area contributed by atoms with Crippen molar-refractivity contribution in [2.75, 3.05) is 33.1 Å². The number of aromatic nitrogens is 4. The lowest BCUT2D eigenvalue weighted by atomic mass is 9.98. The maximum atomic E-state index is 13.9. The van der Waals surface area contributed by atoms with Crippen molar-refractivity contribution < 1.29 is 28.7 Å². The van der Waals surface area contributed by atoms with E-state index in [1.165, 1.54) is 19.2 Å². The highest BCUT2D eigenvalue weighted by molar-refractivity contribution is 7.99. The van der Waals surface area contributed by atoms with Crippen LogP contribution in [-0.2, 0) is 19.1 Å². The summed E-state index contributed by atoms with van der Waals surface area (Å²) in [6.45, 7) is 4.94. The average Bonchev–Trinajstić information content (AvgIpc) is 4.14. The first kappa shape index (κ1) is 41.3. The molecule has 4 heterocycles. The van der Waals surface area contributed by atoms with Crippen molar-refractivity contribution in [3.63, 3.8) is 0 Å². The summed E-state index contributed by atoms with van der Waals surface area (Å²) in [6, 6.07) is 28.4. The first-order chi connectivity index (χ1) is 29.7. The first-order valence-electron chi connectivity index (χ1n) is 20.3. The third-order valence-corrected chi connectivity index (χ3v) is 12.6. The molecule has 3 N–H and O–H groups in total. The lowest BCUT2D eigenvalue weighted by Gasteiger charge is -2.38. The van der Waals surface area contributed by atoms with E-state index in [2.05, 4.69) is 75.9 Å². The SMILES string of the molecule is COC(=O)N[C@@H](C(=O)N1CCC[C@H]1c1ncc(-c2ccc3cc(-c4ccc(-c5cnc([C@@H]6SCCN6N(C(=O)OC)[C@H](C=O)C(C)C)[nH]5)cc4)ccc3c2)[nH]1)c1ccccc1. The molecule has 2 fully saturated rings. The number of ether oxygens (including phenoxy) is 2. The van der Waals surface area contributed by atoms with Crippen LogP contribution in [0.4, 0.5) is 9.59 Å². The van der Waals surface area contributed by atoms with Crippen molar-refractivity contribution in [1.82, 2.24) is 40.2 Å². The summed E-state index contributed by atoms with van der Waals surface area (Å²) < 4.78 is 9.92. The van der Waals surface area contributed by atoms with E-state index >= 15 is 0 Å². The van der Waals surface area contributed by atoms with Gasteiger partial charge in [0.15, 0.2) is 0 Å². The second-order valence-corrected chi connectivity index (χ2v) is 16.6. The Balaban J connectivity index is 0.957. The fourth-order valence-electron chi connectivity index (χ4n) is 8.18. The van der Waals surface area contributed by atoms with Gasteiger partial charge in [-0.2, -0.15) is 5.01 Å². The highest BCUT2D eigenvalue weighted by Crippen LogP contribution is 2.40. The minimum Gasteiger partial charge on any atom is -0.453 e. The van der Waals surface area contributed by atoms with E-state index in [1.54, 1.807) is 22.9 Å². The molecule has 3 amide bonds. The van der Waals surface area contributed by atoms with Gasteiger partial charge in [0.05, 0.1) is 44.0 Å². The molecule has 0 saturated carbocycles. The Hall–Kier alpha value is -6.45. The van der Waals surface area contributed by atoms with Crippen molar-refractivity contribution in [1.29, 1.82) is 0 Å². The third kappa shape index (κ3) is 8.48. The summed E-state index contributed by atoms with van der Waals surface area (Å²) in [7, 11) is 2.61. The number of hydrogen-bond donors (Lipinski definition) is 3. The molecule has 2 aliphatic heterocycles. The Morgan fingerprint density at radius 2 is 1.46 bits per heavy atom. The standard InChI is InChI=1S/C46H48N8O6S/c1-28(2)39(27-55)54(46(58)60-4)53-21-22-61-44(53)42-48-25-36(50-42)30-14-12-29(13-15-30)32-16-17-34-24-35(19-18-33(34)23-32)37-26-47-41(49-37)38-11-8-20-52(38)43(56)40(51-45(57)59-3)31-9-6-5-7-10-31/h5-7,9-10,12-19,23-28,38-40,44H,8,11,20-22H2,1-4H3,(H,47,49)(H,48,50)(H,51,57)/t38-,39+,40+,44-/m0/s1. The predicted octanol–water partition coefficient (Wildman–Crippen LogP) is 8.30. The van der Waals surface area contributed by atoms with E-state index in [-0.39, 0.29) is 23.2 Å². The molecule has 0 radical (unpaired) electrons. The number of rotatable bonds is 12. The molecular formula is C46H48N8O6S. The number of H-pyrrole nitrogens is 2. The number of nitrogens with one attached hydrogen (secondary N) is 3. The monoisotopic (exact) mass is 840 g/mol. The topological polar surface area (TPSA) is 166 Å². The van der Waals surface area contributed by atoms with Gasteiger partial charge in [-0.3, -0.25) is 4.79 Å². The number of fused-ring (bicyclic) bond motifs is 1. The van der Waals surface area contributed by atoms with Gasteiger partial charge in [-0.25, -0.2) is 24.6 Å². The summed E-state index contributed by atoms with van der Waals surface area (Å²) in [4.78, 5) is 69.3. The van der Waals surface area contributed by atoms with Crippen molar-refractivity contribution in [2.45, 2.75) is 50.2 Å². The van der Waals surface area contributed by atoms with E-state index in [0.29, 0.717) is 30.3 Å². The minimum atomic E-state index is -0.882. The lowest BCUT2D eigenvalue weighted by Crippen LogP contribution is -2.54. The fraction of sp³-hybridized carbons (Fsp3) is 0.304. The number of nitrogens with zero attached hydrogens (tertiary/aromatic N) is 5. The van der Waals surface area contributed by atoms with Gasteiger partial charge in [-0.05, 0) is 63.9 Å². The van der Waals surface area contributed by atoms with Crippen molar-refractivity contribution in [3.05, 3.63) is 121 Å². The number of aldehydes is 1. The number of benzene rings is 4. The fourth-order valence-corrected chi connectivity index (χ4v) is 9.35. The van der Waals surface area contributed by atoms with E-state index in [4.69, 9.17) is 19.4 Å². The van der Waals surface area contributed by atoms with Gasteiger partial charge in [0.25, 0.3) is 5.91 Å². The quantitative estimate of drug-likeness (QED) is 0.102. The largest absolute Gasteiger partial charge is 0.453 e. The molecule has 8 rings (SSSR count). The number of likely N-dealkylation sites (tertiary alicyclic amines) is 1. The van der Waals surface area contributed by atoms with Gasteiger partial charge >= 0.3 is 12.2 Å². The zero-order valence-corrected chi connectivity index (χ0v) is 35.2. The molecule has 2 saturated heterocycles. The molecule has 314 valence electrons. The molecule has 2 aromatic heterocycles. The number of hydrogen-bond acceptors (Lipinski definition) is 10. The minimum absolute atomic E-state index is 0.0977. The predicted molar refractivity (Wildman–Crippen MR) is 234 cm³/mol. The summed E-state index contributed by atoms with van der Waals surface area (Å²) in [5.74, 6) is 1.86. The van der Waals surface area contributed by atoms with Gasteiger partial charge in [0.2, 0.25) is 0 Å². The molecule has 15 heteroatoms. The van der Waals surface area contributed by atoms with E-state index < -0.39 is 24.3 Å². The summed E-state index contributed by atoms with van der Waals surface area (Å²) in [5, 5.41) is 7.91. The molecule has 0 spiro atoms. The number of carbonyl (C=O) groups excluding carboxylic acids is 4. The molecule has 0 aliphatic carbocycles. The molecule has 4 atom stereocenters. The Morgan fingerprint density at radius 1 is 0.820 bits per heavy atom. The Bertz CT molecular complexity index is 2520. The Morgan fingerprint density at radius 3 is 2.15 bits per heavy atom. The molecule has 61 heavy (non-hydrogen) atoms. The van der Waals surface area contributed by atoms with Crippen LogP contribution in [0.15, 0.2) is 103 Å². The van der Waals surface area contributed by atoms with Crippen LogP contribution in [-0.4, -0.2) is 98.3 Å². The molecule has 4 aromatic carbocycles. The van der Waals surface area contributed by atoms with Crippen LogP contribution >= 0.6 is 11.8 Å². The van der Waals surface area contributed by atoms with Gasteiger partial charge in [-0.1, -0.05) is 92.7 Å². The Labute approximate surface area is 358 Å². The Kier molecular flexibility index (Phi) is 12.2. The summed E-state index contributed by atoms with van der Waals surface area (Å²) in [5.41, 5.74) is 6.48. The molecule has 6 aromatic rings. The highest BCUT2D eigenvalue weighted by Gasteiger charge is 2.41. The average molecular weight is 841 g/mol. The number of carbonyl (C=O) groups is 4. The summed E-state index contributed by atoms with van der Waals surface area (Å²) >= 11 is 1.65. The first-order valence-corrected chi connectivity index (χ1v) is 21.4. The van der Waals surface area contributed by atoms with Crippen molar-refractivity contribution in [3.8, 4) is 33.6 Å². The normalized spacial score (nSPS) is 17.6. The highest BCUT2D eigenvalue weighted by atomic mass is 32.2. The van der Waals surface area contributed by atoms with Crippen LogP contribution < -0.4 is 5.32 Å². The number of thioether (sulfide) groups is 1. The zero-order valence-electron chi connectivity index (χ0n) is 34.4. The van der Waals surface area contributed by atoms with Gasteiger partial charge < -0.3 is 34.5 Å². The van der Waals surface area contributed by atoms with Crippen LogP contribution in [0.1, 0.15) is 61.4 Å². The molecule has 14 nitrogen and oxygen atoms in total. The maximum absolute atomic E-state index is 13.9. The lowest BCUT2D eigenvalue weighted by molar-refractivity contribution is -0.134. The molecule has 0 unspecified atom stereocenters. The maximum Gasteiger partial charge on any atom is 0.424 e. The van der Waals surface area contributed by atoms with Crippen LogP contribution in [0.5, 0.6) is 0 Å². The van der Waals surface area contributed by atoms with Crippen molar-refractivity contribution in [2.24, 2.45) is 5.92 Å². The number of amides is 3. The van der Waals surface area contributed by atoms with Gasteiger partial charge in [0.1, 0.15) is 35.4 Å². The zero-order chi connectivity index (χ0) is 42.6. The van der Waals surface area contributed by atoms with Gasteiger partial charge in [-0.15, -0.1) is 11.8 Å². The number of hydrazine groups is 1. The van der Waals surface area contributed by atoms with Crippen molar-refractivity contribution >= 4 is 46.9 Å². The number of aromatic amines is 2. The van der Waals surface area contributed by atoms with Crippen LogP contribution in [0, 0.1) is 5.92 Å². The number of imidazole rings is 2. The van der Waals surface area contributed by atoms with Crippen LogP contribution in [0.3, 0.4) is 0 Å². The van der Waals surface area contributed by atoms with Crippen LogP contribution in [0.25, 0.3) is 44.4 Å². The van der Waals surface area contributed by atoms with Crippen LogP contribution in [0.2, 0.25) is 0 Å². The van der Waals surface area contributed by atoms with E-state index in [0.717, 1.165) is 69.3 Å². The smallest absolute Gasteiger partial charge is 0.424 e. The summed E-state index contributed by atoms with van der Waals surface area (Å²) in [6.07, 6.45) is 4.74. The number of methoxy groups -OCH3 is 2. The van der Waals surface area contributed by atoms with Gasteiger partial charge in [0, 0.05) is 24.4 Å². The molecular weight excluding hydrogens is 793 g/mol. The second kappa shape index (κ2) is 18.0. The third-order valence-electron chi connectivity index (χ3n) is 11.4. The number of alkyl carbamates (subject to hydrolysis) is 1.